The number of nitrogens with zero attached hydrogens (tertiary/aromatic N) is 1. The first-order chi connectivity index (χ1) is 6.93. The van der Waals surface area contributed by atoms with E-state index in [2.05, 4.69) is 22.5 Å². The first-order valence-electron chi connectivity index (χ1n) is 5.24. The monoisotopic (exact) mass is 193 g/mol. The van der Waals surface area contributed by atoms with Crippen LogP contribution in [-0.2, 0) is 6.54 Å². The summed E-state index contributed by atoms with van der Waals surface area (Å²) < 4.78 is 0. The molecule has 0 bridgehead atoms. The quantitative estimate of drug-likeness (QED) is 0.638. The lowest BCUT2D eigenvalue weighted by atomic mass is 10.3. The maximum atomic E-state index is 3.97. The first kappa shape index (κ1) is 11.1. The molecule has 0 atom stereocenters. The lowest BCUT2D eigenvalue weighted by Crippen LogP contribution is -2.27. The number of hydrogen-bond acceptors (Lipinski definition) is 3. The second-order valence-electron chi connectivity index (χ2n) is 3.28. The van der Waals surface area contributed by atoms with Crippen LogP contribution in [0.15, 0.2) is 24.5 Å². The van der Waals surface area contributed by atoms with Crippen molar-refractivity contribution in [3.05, 3.63) is 30.1 Å². The number of pyridine rings is 1. The molecule has 0 fully saturated rings. The molecule has 1 aromatic heterocycles. The van der Waals surface area contributed by atoms with Crippen LogP contribution in [-0.4, -0.2) is 24.6 Å². The average molecular weight is 193 g/mol. The van der Waals surface area contributed by atoms with Gasteiger partial charge in [0.2, 0.25) is 0 Å². The third-order valence-electron chi connectivity index (χ3n) is 1.98. The van der Waals surface area contributed by atoms with Crippen LogP contribution in [0.25, 0.3) is 0 Å². The van der Waals surface area contributed by atoms with Gasteiger partial charge in [-0.25, -0.2) is 0 Å². The summed E-state index contributed by atoms with van der Waals surface area (Å²) in [7, 11) is 0. The van der Waals surface area contributed by atoms with E-state index in [1.165, 1.54) is 12.0 Å². The van der Waals surface area contributed by atoms with Gasteiger partial charge in [-0.15, -0.1) is 0 Å². The normalized spacial score (nSPS) is 10.4. The van der Waals surface area contributed by atoms with Gasteiger partial charge in [0, 0.05) is 32.0 Å². The smallest absolute Gasteiger partial charge is 0.0271 e. The van der Waals surface area contributed by atoms with Crippen molar-refractivity contribution in [2.45, 2.75) is 19.9 Å². The first-order valence-corrected chi connectivity index (χ1v) is 5.24. The highest BCUT2D eigenvalue weighted by molar-refractivity contribution is 5.08. The molecule has 0 aromatic carbocycles. The molecule has 0 saturated heterocycles. The van der Waals surface area contributed by atoms with E-state index in [0.717, 1.165) is 26.2 Å². The molecular weight excluding hydrogens is 174 g/mol. The lowest BCUT2D eigenvalue weighted by molar-refractivity contribution is 0.606. The van der Waals surface area contributed by atoms with E-state index in [1.54, 1.807) is 0 Å². The van der Waals surface area contributed by atoms with Gasteiger partial charge in [0.1, 0.15) is 0 Å². The van der Waals surface area contributed by atoms with Crippen molar-refractivity contribution in [2.24, 2.45) is 0 Å². The second-order valence-corrected chi connectivity index (χ2v) is 3.28. The van der Waals surface area contributed by atoms with E-state index in [9.17, 15) is 0 Å². The Kier molecular flexibility index (Phi) is 5.95. The summed E-state index contributed by atoms with van der Waals surface area (Å²) in [5, 5.41) is 6.72. The van der Waals surface area contributed by atoms with Crippen molar-refractivity contribution in [3.63, 3.8) is 0 Å². The van der Waals surface area contributed by atoms with Crippen LogP contribution in [0.5, 0.6) is 0 Å². The van der Waals surface area contributed by atoms with Crippen LogP contribution >= 0.6 is 0 Å². The molecule has 1 aromatic rings. The van der Waals surface area contributed by atoms with Gasteiger partial charge in [0.25, 0.3) is 0 Å². The van der Waals surface area contributed by atoms with E-state index in [-0.39, 0.29) is 0 Å². The van der Waals surface area contributed by atoms with Crippen molar-refractivity contribution in [1.82, 2.24) is 15.6 Å². The van der Waals surface area contributed by atoms with Gasteiger partial charge in [-0.3, -0.25) is 4.98 Å². The zero-order valence-corrected chi connectivity index (χ0v) is 8.79. The highest BCUT2D eigenvalue weighted by Gasteiger charge is 1.90. The summed E-state index contributed by atoms with van der Waals surface area (Å²) in [4.78, 5) is 3.97. The van der Waals surface area contributed by atoms with E-state index in [4.69, 9.17) is 0 Å². The Morgan fingerprint density at radius 3 is 2.50 bits per heavy atom. The maximum absolute atomic E-state index is 3.97. The van der Waals surface area contributed by atoms with E-state index in [1.807, 2.05) is 24.5 Å². The van der Waals surface area contributed by atoms with Crippen LogP contribution in [0.1, 0.15) is 18.9 Å². The van der Waals surface area contributed by atoms with E-state index in [0.29, 0.717) is 0 Å². The minimum atomic E-state index is 0.927. The Hall–Kier alpha value is -0.930. The van der Waals surface area contributed by atoms with Crippen LogP contribution < -0.4 is 10.6 Å². The summed E-state index contributed by atoms with van der Waals surface area (Å²) in [6, 6.07) is 4.07. The van der Waals surface area contributed by atoms with Crippen molar-refractivity contribution in [3.8, 4) is 0 Å². The highest BCUT2D eigenvalue weighted by atomic mass is 14.9. The van der Waals surface area contributed by atoms with Gasteiger partial charge in [0.15, 0.2) is 0 Å². The maximum Gasteiger partial charge on any atom is 0.0271 e. The number of hydrogen-bond donors (Lipinski definition) is 2. The standard InChI is InChI=1S/C11H19N3/c1-2-5-12-8-9-14-10-11-3-6-13-7-4-11/h3-4,6-7,12,14H,2,5,8-10H2,1H3. The molecule has 14 heavy (non-hydrogen) atoms. The molecule has 0 aliphatic rings. The molecule has 78 valence electrons. The summed E-state index contributed by atoms with van der Waals surface area (Å²) in [6.07, 6.45) is 4.85. The fourth-order valence-electron chi connectivity index (χ4n) is 1.21. The van der Waals surface area contributed by atoms with Crippen molar-refractivity contribution < 1.29 is 0 Å². The van der Waals surface area contributed by atoms with Crippen molar-refractivity contribution in [1.29, 1.82) is 0 Å². The third-order valence-corrected chi connectivity index (χ3v) is 1.98. The van der Waals surface area contributed by atoms with Crippen LogP contribution in [0.3, 0.4) is 0 Å². The summed E-state index contributed by atoms with van der Waals surface area (Å²) in [5.74, 6) is 0. The SMILES string of the molecule is CCCNCCNCc1ccncc1. The largest absolute Gasteiger partial charge is 0.315 e. The molecule has 1 heterocycles. The van der Waals surface area contributed by atoms with Gasteiger partial charge in [-0.05, 0) is 30.7 Å². The average Bonchev–Trinajstić information content (AvgIpc) is 2.25. The topological polar surface area (TPSA) is 37.0 Å². The third kappa shape index (κ3) is 4.94. The fraction of sp³-hybridized carbons (Fsp3) is 0.545. The van der Waals surface area contributed by atoms with E-state index >= 15 is 0 Å². The van der Waals surface area contributed by atoms with Gasteiger partial charge >= 0.3 is 0 Å². The van der Waals surface area contributed by atoms with Crippen molar-refractivity contribution in [2.75, 3.05) is 19.6 Å². The zero-order valence-electron chi connectivity index (χ0n) is 8.79. The van der Waals surface area contributed by atoms with Crippen LogP contribution in [0.2, 0.25) is 0 Å². The molecule has 0 aliphatic carbocycles. The molecule has 0 radical (unpaired) electrons. The fourth-order valence-corrected chi connectivity index (χ4v) is 1.21. The van der Waals surface area contributed by atoms with Gasteiger partial charge in [-0.1, -0.05) is 6.92 Å². The molecule has 3 heteroatoms. The predicted molar refractivity (Wildman–Crippen MR) is 59.1 cm³/mol. The second kappa shape index (κ2) is 7.47. The molecule has 0 saturated carbocycles. The number of nitrogens with one attached hydrogen (secondary N) is 2. The molecule has 0 aliphatic heterocycles. The highest BCUT2D eigenvalue weighted by Crippen LogP contribution is 1.93. The van der Waals surface area contributed by atoms with Gasteiger partial charge in [0.05, 0.1) is 0 Å². The molecule has 1 rings (SSSR count). The number of aromatic nitrogens is 1. The summed E-state index contributed by atoms with van der Waals surface area (Å²) >= 11 is 0. The Bertz CT molecular complexity index is 223. The molecule has 0 spiro atoms. The lowest BCUT2D eigenvalue weighted by Gasteiger charge is -2.05. The Morgan fingerprint density at radius 1 is 1.07 bits per heavy atom. The zero-order chi connectivity index (χ0) is 10.1. The van der Waals surface area contributed by atoms with Gasteiger partial charge < -0.3 is 10.6 Å². The molecular formula is C11H19N3. The minimum absolute atomic E-state index is 0.927. The Labute approximate surface area is 85.9 Å². The molecule has 2 N–H and O–H groups in total. The minimum Gasteiger partial charge on any atom is -0.315 e. The summed E-state index contributed by atoms with van der Waals surface area (Å²) in [5.41, 5.74) is 1.29. The van der Waals surface area contributed by atoms with E-state index < -0.39 is 0 Å². The Morgan fingerprint density at radius 2 is 1.79 bits per heavy atom. The molecule has 0 amide bonds. The predicted octanol–water partition coefficient (Wildman–Crippen LogP) is 1.17. The number of rotatable bonds is 7. The van der Waals surface area contributed by atoms with Crippen LogP contribution in [0.4, 0.5) is 0 Å². The molecule has 0 unspecified atom stereocenters. The Balaban J connectivity index is 1.99. The van der Waals surface area contributed by atoms with Crippen LogP contribution in [0, 0.1) is 0 Å². The summed E-state index contributed by atoms with van der Waals surface area (Å²) in [6.45, 7) is 6.27. The van der Waals surface area contributed by atoms with Gasteiger partial charge in [-0.2, -0.15) is 0 Å². The van der Waals surface area contributed by atoms with Crippen molar-refractivity contribution >= 4 is 0 Å². The molecule has 3 nitrogen and oxygen atoms in total.